The summed E-state index contributed by atoms with van der Waals surface area (Å²) in [6.07, 6.45) is 8.30. The molecule has 76 valence electrons. The molecule has 0 aromatic rings. The number of carbonyl (C=O) groups excluding carboxylic acids is 1. The van der Waals surface area contributed by atoms with Crippen molar-refractivity contribution in [2.45, 2.75) is 18.5 Å². The summed E-state index contributed by atoms with van der Waals surface area (Å²) in [5, 5.41) is 0.489. The maximum atomic E-state index is 14.4. The van der Waals surface area contributed by atoms with Gasteiger partial charge in [0.1, 0.15) is 0 Å². The minimum absolute atomic E-state index is 0.0299. The lowest BCUT2D eigenvalue weighted by molar-refractivity contribution is -0.130. The minimum atomic E-state index is -1.76. The molecule has 2 aliphatic carbocycles. The van der Waals surface area contributed by atoms with Crippen LogP contribution in [0.4, 0.5) is 4.39 Å². The predicted octanol–water partition coefficient (Wildman–Crippen LogP) is 2.81. The molecule has 0 aromatic carbocycles. The Balaban J connectivity index is 2.22. The molecule has 14 heavy (non-hydrogen) atoms. The average Bonchev–Trinajstić information content (AvgIpc) is 3.00. The quantitative estimate of drug-likeness (QED) is 0.712. The lowest BCUT2D eigenvalue weighted by Gasteiger charge is -2.28. The van der Waals surface area contributed by atoms with Crippen molar-refractivity contribution < 1.29 is 9.18 Å². The topological polar surface area (TPSA) is 17.1 Å². The fourth-order valence-corrected chi connectivity index (χ4v) is 2.43. The number of carbonyl (C=O) groups is 1. The molecule has 0 saturated heterocycles. The number of allylic oxidation sites excluding steroid dienone is 4. The smallest absolute Gasteiger partial charge is 0.194 e. The second-order valence-corrected chi connectivity index (χ2v) is 4.56. The van der Waals surface area contributed by atoms with Gasteiger partial charge in [0.05, 0.1) is 0 Å². The van der Waals surface area contributed by atoms with Crippen molar-refractivity contribution in [2.75, 3.05) is 5.33 Å². The normalized spacial score (nSPS) is 36.0. The summed E-state index contributed by atoms with van der Waals surface area (Å²) >= 11 is 3.25. The fourth-order valence-electron chi connectivity index (χ4n) is 1.74. The van der Waals surface area contributed by atoms with Crippen molar-refractivity contribution >= 4 is 21.7 Å². The molecule has 0 bridgehead atoms. The Kier molecular flexibility index (Phi) is 2.60. The zero-order valence-corrected chi connectivity index (χ0v) is 9.34. The van der Waals surface area contributed by atoms with E-state index in [1.165, 1.54) is 6.08 Å². The first-order valence-corrected chi connectivity index (χ1v) is 5.96. The van der Waals surface area contributed by atoms with E-state index in [9.17, 15) is 9.18 Å². The standard InChI is InChI=1S/C11H12BrFO/c12-7-9-3-1-2-6-11(9,13)10(14)8-4-5-8/h1-3,6,8-9H,4-5,7H2. The number of Topliss-reactive ketones (excluding diaryl/α,β-unsaturated/α-hetero) is 1. The van der Waals surface area contributed by atoms with Gasteiger partial charge in [-0.2, -0.15) is 0 Å². The van der Waals surface area contributed by atoms with Crippen LogP contribution in [0, 0.1) is 11.8 Å². The molecule has 1 saturated carbocycles. The van der Waals surface area contributed by atoms with Gasteiger partial charge in [-0.25, -0.2) is 4.39 Å². The van der Waals surface area contributed by atoms with Crippen LogP contribution in [0.2, 0.25) is 0 Å². The third kappa shape index (κ3) is 1.58. The Morgan fingerprint density at radius 1 is 1.50 bits per heavy atom. The van der Waals surface area contributed by atoms with Crippen LogP contribution in [0.3, 0.4) is 0 Å². The van der Waals surface area contributed by atoms with Crippen molar-refractivity contribution in [1.82, 2.24) is 0 Å². The van der Waals surface area contributed by atoms with Gasteiger partial charge in [-0.1, -0.05) is 34.2 Å². The highest BCUT2D eigenvalue weighted by atomic mass is 79.9. The molecule has 3 heteroatoms. The fraction of sp³-hybridized carbons (Fsp3) is 0.545. The van der Waals surface area contributed by atoms with Crippen LogP contribution in [0.25, 0.3) is 0 Å². The zero-order valence-electron chi connectivity index (χ0n) is 7.75. The molecule has 2 unspecified atom stereocenters. The van der Waals surface area contributed by atoms with E-state index in [1.807, 2.05) is 0 Å². The number of alkyl halides is 2. The zero-order chi connectivity index (χ0) is 10.2. The monoisotopic (exact) mass is 258 g/mol. The molecule has 1 fully saturated rings. The highest BCUT2D eigenvalue weighted by Gasteiger charge is 2.49. The molecule has 0 radical (unpaired) electrons. The Labute approximate surface area is 91.2 Å². The SMILES string of the molecule is O=C(C1CC1)C1(F)C=CC=CC1CBr. The van der Waals surface area contributed by atoms with Crippen LogP contribution in [-0.4, -0.2) is 16.8 Å². The Hall–Kier alpha value is -0.440. The van der Waals surface area contributed by atoms with Gasteiger partial charge in [0.25, 0.3) is 0 Å². The first-order chi connectivity index (χ1) is 6.68. The summed E-state index contributed by atoms with van der Waals surface area (Å²) in [5.41, 5.74) is -1.76. The van der Waals surface area contributed by atoms with Gasteiger partial charge in [0.15, 0.2) is 11.5 Å². The van der Waals surface area contributed by atoms with E-state index in [1.54, 1.807) is 18.2 Å². The number of hydrogen-bond acceptors (Lipinski definition) is 1. The van der Waals surface area contributed by atoms with Crippen LogP contribution < -0.4 is 0 Å². The number of hydrogen-bond donors (Lipinski definition) is 0. The minimum Gasteiger partial charge on any atom is -0.295 e. The van der Waals surface area contributed by atoms with Crippen LogP contribution in [0.1, 0.15) is 12.8 Å². The van der Waals surface area contributed by atoms with E-state index < -0.39 is 5.67 Å². The molecule has 0 amide bonds. The van der Waals surface area contributed by atoms with Crippen molar-refractivity contribution in [3.8, 4) is 0 Å². The maximum absolute atomic E-state index is 14.4. The number of rotatable bonds is 3. The molecule has 1 nitrogen and oxygen atoms in total. The van der Waals surface area contributed by atoms with Crippen molar-refractivity contribution in [2.24, 2.45) is 11.8 Å². The van der Waals surface area contributed by atoms with E-state index in [4.69, 9.17) is 0 Å². The molecule has 2 aliphatic rings. The summed E-state index contributed by atoms with van der Waals surface area (Å²) in [6.45, 7) is 0. The highest BCUT2D eigenvalue weighted by molar-refractivity contribution is 9.09. The summed E-state index contributed by atoms with van der Waals surface area (Å²) in [6, 6.07) is 0. The first-order valence-electron chi connectivity index (χ1n) is 4.83. The molecule has 0 spiro atoms. The molecule has 2 atom stereocenters. The van der Waals surface area contributed by atoms with Gasteiger partial charge in [0.2, 0.25) is 0 Å². The lowest BCUT2D eigenvalue weighted by atomic mass is 9.82. The number of halogens is 2. The van der Waals surface area contributed by atoms with Crippen LogP contribution in [0.5, 0.6) is 0 Å². The van der Waals surface area contributed by atoms with E-state index in [0.29, 0.717) is 5.33 Å². The van der Waals surface area contributed by atoms with Crippen LogP contribution in [-0.2, 0) is 4.79 Å². The Morgan fingerprint density at radius 3 is 2.79 bits per heavy atom. The molecular formula is C11H12BrFO. The van der Waals surface area contributed by atoms with Crippen LogP contribution >= 0.6 is 15.9 Å². The van der Waals surface area contributed by atoms with Crippen molar-refractivity contribution in [3.05, 3.63) is 24.3 Å². The Morgan fingerprint density at radius 2 is 2.21 bits per heavy atom. The summed E-state index contributed by atoms with van der Waals surface area (Å²) in [7, 11) is 0. The molecule has 0 heterocycles. The van der Waals surface area contributed by atoms with E-state index in [0.717, 1.165) is 12.8 Å². The van der Waals surface area contributed by atoms with Gasteiger partial charge in [-0.05, 0) is 18.9 Å². The largest absolute Gasteiger partial charge is 0.295 e. The number of ketones is 1. The molecule has 0 aliphatic heterocycles. The van der Waals surface area contributed by atoms with Gasteiger partial charge in [0, 0.05) is 17.2 Å². The van der Waals surface area contributed by atoms with E-state index in [-0.39, 0.29) is 17.6 Å². The third-order valence-corrected chi connectivity index (χ3v) is 3.52. The van der Waals surface area contributed by atoms with Gasteiger partial charge in [-0.3, -0.25) is 4.79 Å². The lowest BCUT2D eigenvalue weighted by Crippen LogP contribution is -2.41. The van der Waals surface area contributed by atoms with Gasteiger partial charge < -0.3 is 0 Å². The van der Waals surface area contributed by atoms with Gasteiger partial charge in [-0.15, -0.1) is 0 Å². The van der Waals surface area contributed by atoms with Crippen LogP contribution in [0.15, 0.2) is 24.3 Å². The second-order valence-electron chi connectivity index (χ2n) is 3.91. The van der Waals surface area contributed by atoms with Crippen molar-refractivity contribution in [3.63, 3.8) is 0 Å². The predicted molar refractivity (Wildman–Crippen MR) is 57.1 cm³/mol. The average molecular weight is 259 g/mol. The summed E-state index contributed by atoms with van der Waals surface area (Å²) in [4.78, 5) is 11.8. The summed E-state index contributed by atoms with van der Waals surface area (Å²) in [5.74, 6) is -0.610. The van der Waals surface area contributed by atoms with Crippen molar-refractivity contribution in [1.29, 1.82) is 0 Å². The molecule has 2 rings (SSSR count). The maximum Gasteiger partial charge on any atom is 0.194 e. The molecule has 0 N–H and O–H groups in total. The first kappa shape index (κ1) is 10.1. The third-order valence-electron chi connectivity index (χ3n) is 2.82. The van der Waals surface area contributed by atoms with E-state index >= 15 is 0 Å². The summed E-state index contributed by atoms with van der Waals surface area (Å²) < 4.78 is 14.4. The van der Waals surface area contributed by atoms with Gasteiger partial charge >= 0.3 is 0 Å². The second kappa shape index (κ2) is 3.61. The molecular weight excluding hydrogens is 247 g/mol. The van der Waals surface area contributed by atoms with E-state index in [2.05, 4.69) is 15.9 Å². The molecule has 0 aromatic heterocycles. The highest BCUT2D eigenvalue weighted by Crippen LogP contribution is 2.41. The Bertz CT molecular complexity index is 306.